The number of nitrogens with one attached hydrogen (secondary N) is 1. The molecule has 0 radical (unpaired) electrons. The molecule has 1 saturated heterocycles. The van der Waals surface area contributed by atoms with Gasteiger partial charge in [-0.15, -0.1) is 11.3 Å². The highest BCUT2D eigenvalue weighted by atomic mass is 32.1. The molecule has 0 aromatic carbocycles. The van der Waals surface area contributed by atoms with Crippen LogP contribution in [0, 0.1) is 5.92 Å². The van der Waals surface area contributed by atoms with E-state index in [2.05, 4.69) is 27.1 Å². The fourth-order valence-electron chi connectivity index (χ4n) is 3.32. The third kappa shape index (κ3) is 2.18. The van der Waals surface area contributed by atoms with Crippen molar-refractivity contribution in [3.05, 3.63) is 16.8 Å². The molecule has 5 nitrogen and oxygen atoms in total. The highest BCUT2D eigenvalue weighted by Crippen LogP contribution is 2.40. The number of amides is 1. The van der Waals surface area contributed by atoms with Gasteiger partial charge in [-0.3, -0.25) is 4.79 Å². The standard InChI is InChI=1S/C15H18N4OS/c1-9-2-3-10-11(6-9)21-15-13(10)14(17-8-18-15)19-5-4-16-12(20)7-19/h8-9H,2-7H2,1H3,(H,16,20). The monoisotopic (exact) mass is 302 g/mol. The summed E-state index contributed by atoms with van der Waals surface area (Å²) in [6, 6.07) is 0. The molecular formula is C15H18N4OS. The Balaban J connectivity index is 1.84. The average molecular weight is 302 g/mol. The molecule has 21 heavy (non-hydrogen) atoms. The summed E-state index contributed by atoms with van der Waals surface area (Å²) in [6.45, 7) is 4.22. The van der Waals surface area contributed by atoms with Crippen LogP contribution in [0.25, 0.3) is 10.2 Å². The van der Waals surface area contributed by atoms with E-state index >= 15 is 0 Å². The summed E-state index contributed by atoms with van der Waals surface area (Å²) in [7, 11) is 0. The Bertz CT molecular complexity index is 711. The van der Waals surface area contributed by atoms with Crippen LogP contribution in [0.2, 0.25) is 0 Å². The van der Waals surface area contributed by atoms with E-state index in [1.165, 1.54) is 22.2 Å². The van der Waals surface area contributed by atoms with Gasteiger partial charge in [0.05, 0.1) is 11.9 Å². The summed E-state index contributed by atoms with van der Waals surface area (Å²) in [6.07, 6.45) is 5.12. The van der Waals surface area contributed by atoms with Gasteiger partial charge in [0.1, 0.15) is 17.0 Å². The topological polar surface area (TPSA) is 58.1 Å². The Morgan fingerprint density at radius 1 is 1.43 bits per heavy atom. The molecule has 4 rings (SSSR count). The van der Waals surface area contributed by atoms with Gasteiger partial charge in [-0.25, -0.2) is 9.97 Å². The summed E-state index contributed by atoms with van der Waals surface area (Å²) in [5, 5.41) is 4.06. The van der Waals surface area contributed by atoms with E-state index in [-0.39, 0.29) is 5.91 Å². The molecule has 2 aromatic heterocycles. The number of carbonyl (C=O) groups is 1. The van der Waals surface area contributed by atoms with Gasteiger partial charge in [0.25, 0.3) is 0 Å². The second-order valence-corrected chi connectivity index (χ2v) is 7.08. The maximum atomic E-state index is 11.7. The number of anilines is 1. The van der Waals surface area contributed by atoms with Crippen molar-refractivity contribution in [3.63, 3.8) is 0 Å². The highest BCUT2D eigenvalue weighted by molar-refractivity contribution is 7.19. The quantitative estimate of drug-likeness (QED) is 0.872. The van der Waals surface area contributed by atoms with Crippen molar-refractivity contribution in [2.45, 2.75) is 26.2 Å². The van der Waals surface area contributed by atoms with Gasteiger partial charge < -0.3 is 10.2 Å². The average Bonchev–Trinajstić information content (AvgIpc) is 2.84. The van der Waals surface area contributed by atoms with E-state index in [9.17, 15) is 4.79 Å². The number of nitrogens with zero attached hydrogens (tertiary/aromatic N) is 3. The molecule has 1 aliphatic carbocycles. The lowest BCUT2D eigenvalue weighted by molar-refractivity contribution is -0.120. The van der Waals surface area contributed by atoms with Crippen molar-refractivity contribution < 1.29 is 4.79 Å². The van der Waals surface area contributed by atoms with Gasteiger partial charge in [-0.2, -0.15) is 0 Å². The van der Waals surface area contributed by atoms with Crippen LogP contribution in [0.4, 0.5) is 5.82 Å². The van der Waals surface area contributed by atoms with Gasteiger partial charge in [-0.05, 0) is 30.7 Å². The molecule has 2 aliphatic rings. The van der Waals surface area contributed by atoms with Crippen LogP contribution in [0.1, 0.15) is 23.8 Å². The Morgan fingerprint density at radius 3 is 3.19 bits per heavy atom. The third-order valence-corrected chi connectivity index (χ3v) is 5.57. The Kier molecular flexibility index (Phi) is 3.06. The summed E-state index contributed by atoms with van der Waals surface area (Å²) in [4.78, 5) is 25.3. The molecule has 1 amide bonds. The lowest BCUT2D eigenvalue weighted by Crippen LogP contribution is -2.48. The largest absolute Gasteiger partial charge is 0.353 e. The minimum atomic E-state index is 0.0748. The molecule has 6 heteroatoms. The smallest absolute Gasteiger partial charge is 0.239 e. The summed E-state index contributed by atoms with van der Waals surface area (Å²) >= 11 is 1.80. The first kappa shape index (κ1) is 13.0. The van der Waals surface area contributed by atoms with Gasteiger partial charge in [0, 0.05) is 18.0 Å². The van der Waals surface area contributed by atoms with Gasteiger partial charge in [0.15, 0.2) is 0 Å². The fraction of sp³-hybridized carbons (Fsp3) is 0.533. The van der Waals surface area contributed by atoms with E-state index in [0.29, 0.717) is 13.1 Å². The Hall–Kier alpha value is -1.69. The predicted molar refractivity (Wildman–Crippen MR) is 83.8 cm³/mol. The summed E-state index contributed by atoms with van der Waals surface area (Å²) in [5.74, 6) is 1.77. The third-order valence-electron chi connectivity index (χ3n) is 4.41. The maximum Gasteiger partial charge on any atom is 0.239 e. The van der Waals surface area contributed by atoms with Crippen molar-refractivity contribution in [2.75, 3.05) is 24.5 Å². The zero-order valence-electron chi connectivity index (χ0n) is 12.1. The van der Waals surface area contributed by atoms with E-state index in [1.807, 2.05) is 0 Å². The first-order chi connectivity index (χ1) is 10.2. The zero-order chi connectivity index (χ0) is 14.4. The van der Waals surface area contributed by atoms with Crippen LogP contribution in [0.15, 0.2) is 6.33 Å². The van der Waals surface area contributed by atoms with E-state index in [0.717, 1.165) is 36.0 Å². The molecule has 1 aliphatic heterocycles. The first-order valence-corrected chi connectivity index (χ1v) is 8.31. The number of piperazine rings is 1. The second kappa shape index (κ2) is 4.94. The maximum absolute atomic E-state index is 11.7. The number of hydrogen-bond acceptors (Lipinski definition) is 5. The number of aromatic nitrogens is 2. The lowest BCUT2D eigenvalue weighted by atomic mass is 9.89. The minimum Gasteiger partial charge on any atom is -0.353 e. The van der Waals surface area contributed by atoms with Crippen LogP contribution in [0.3, 0.4) is 0 Å². The fourth-order valence-corrected chi connectivity index (χ4v) is 4.66. The number of aryl methyl sites for hydroxylation is 1. The molecule has 0 spiro atoms. The molecule has 1 atom stereocenters. The van der Waals surface area contributed by atoms with Crippen LogP contribution in [0.5, 0.6) is 0 Å². The van der Waals surface area contributed by atoms with Crippen molar-refractivity contribution in [1.82, 2.24) is 15.3 Å². The summed E-state index contributed by atoms with van der Waals surface area (Å²) in [5.41, 5.74) is 1.43. The predicted octanol–water partition coefficient (Wildman–Crippen LogP) is 1.75. The number of rotatable bonds is 1. The summed E-state index contributed by atoms with van der Waals surface area (Å²) < 4.78 is 0. The van der Waals surface area contributed by atoms with Gasteiger partial charge in [-0.1, -0.05) is 6.92 Å². The number of thiophene rings is 1. The van der Waals surface area contributed by atoms with E-state index < -0.39 is 0 Å². The Morgan fingerprint density at radius 2 is 2.33 bits per heavy atom. The van der Waals surface area contributed by atoms with Crippen molar-refractivity contribution in [3.8, 4) is 0 Å². The van der Waals surface area contributed by atoms with Crippen molar-refractivity contribution in [2.24, 2.45) is 5.92 Å². The molecule has 0 saturated carbocycles. The van der Waals surface area contributed by atoms with Crippen molar-refractivity contribution in [1.29, 1.82) is 0 Å². The molecule has 1 unspecified atom stereocenters. The molecule has 2 aromatic rings. The molecular weight excluding hydrogens is 284 g/mol. The number of hydrogen-bond donors (Lipinski definition) is 1. The molecule has 0 bridgehead atoms. The molecule has 1 fully saturated rings. The van der Waals surface area contributed by atoms with Crippen LogP contribution in [-0.2, 0) is 17.6 Å². The van der Waals surface area contributed by atoms with Crippen LogP contribution < -0.4 is 10.2 Å². The van der Waals surface area contributed by atoms with Crippen molar-refractivity contribution >= 4 is 33.3 Å². The SMILES string of the molecule is CC1CCc2c(sc3ncnc(N4CCNC(=O)C4)c23)C1. The molecule has 3 heterocycles. The van der Waals surface area contributed by atoms with Gasteiger partial charge in [0.2, 0.25) is 5.91 Å². The van der Waals surface area contributed by atoms with E-state index in [4.69, 9.17) is 0 Å². The molecule has 1 N–H and O–H groups in total. The van der Waals surface area contributed by atoms with Crippen LogP contribution in [-0.4, -0.2) is 35.5 Å². The van der Waals surface area contributed by atoms with Crippen LogP contribution >= 0.6 is 11.3 Å². The zero-order valence-corrected chi connectivity index (χ0v) is 12.9. The lowest BCUT2D eigenvalue weighted by Gasteiger charge is -2.28. The molecule has 110 valence electrons. The van der Waals surface area contributed by atoms with E-state index in [1.54, 1.807) is 17.7 Å². The normalized spacial score (nSPS) is 22.2. The highest BCUT2D eigenvalue weighted by Gasteiger charge is 2.26. The Labute approximate surface area is 127 Å². The minimum absolute atomic E-state index is 0.0748. The second-order valence-electron chi connectivity index (χ2n) is 6.00. The number of carbonyl (C=O) groups excluding carboxylic acids is 1. The van der Waals surface area contributed by atoms with Gasteiger partial charge >= 0.3 is 0 Å². The number of fused-ring (bicyclic) bond motifs is 3. The first-order valence-electron chi connectivity index (χ1n) is 7.49.